The van der Waals surface area contributed by atoms with E-state index in [4.69, 9.17) is 14.4 Å². The van der Waals surface area contributed by atoms with Crippen LogP contribution >= 0.6 is 11.3 Å². The lowest BCUT2D eigenvalue weighted by atomic mass is 9.87. The summed E-state index contributed by atoms with van der Waals surface area (Å²) >= 11 is 1.93. The summed E-state index contributed by atoms with van der Waals surface area (Å²) in [6.07, 6.45) is 0. The first-order valence-electron chi connectivity index (χ1n) is 17.4. The second-order valence-electron chi connectivity index (χ2n) is 13.6. The van der Waals surface area contributed by atoms with Gasteiger partial charge in [-0.2, -0.15) is 0 Å². The van der Waals surface area contributed by atoms with Gasteiger partial charge < -0.3 is 4.42 Å². The molecule has 3 heterocycles. The molecule has 0 radical (unpaired) electrons. The average Bonchev–Trinajstić information content (AvgIpc) is 3.87. The third-order valence-corrected chi connectivity index (χ3v) is 12.2. The Balaban J connectivity index is 1.27. The summed E-state index contributed by atoms with van der Waals surface area (Å²) in [5, 5.41) is 11.1. The number of thiophene rings is 1. The fourth-order valence-corrected chi connectivity index (χ4v) is 10.2. The molecule has 0 saturated carbocycles. The van der Waals surface area contributed by atoms with Crippen molar-refractivity contribution in [3.05, 3.63) is 168 Å². The molecule has 51 heavy (non-hydrogen) atoms. The van der Waals surface area contributed by atoms with Gasteiger partial charge in [0.15, 0.2) is 0 Å². The lowest BCUT2D eigenvalue weighted by Crippen LogP contribution is -2.07. The molecule has 3 aromatic heterocycles. The molecular weight excluding hydrogens is 641 g/mol. The van der Waals surface area contributed by atoms with Gasteiger partial charge in [-0.1, -0.05) is 133 Å². The van der Waals surface area contributed by atoms with Gasteiger partial charge in [0.2, 0.25) is 5.71 Å². The van der Waals surface area contributed by atoms with Gasteiger partial charge in [-0.25, -0.2) is 9.97 Å². The Morgan fingerprint density at radius 2 is 1.24 bits per heavy atom. The first-order valence-corrected chi connectivity index (χ1v) is 18.2. The minimum atomic E-state index is -0.144. The van der Waals surface area contributed by atoms with Crippen LogP contribution < -0.4 is 0 Å². The van der Waals surface area contributed by atoms with Crippen molar-refractivity contribution in [1.82, 2.24) is 9.97 Å². The van der Waals surface area contributed by atoms with Crippen LogP contribution in [0, 0.1) is 0 Å². The summed E-state index contributed by atoms with van der Waals surface area (Å²) in [5.41, 5.74) is 10.1. The third kappa shape index (κ3) is 3.72. The zero-order valence-corrected chi connectivity index (χ0v) is 28.0. The number of para-hydroxylation sites is 1. The van der Waals surface area contributed by atoms with Crippen LogP contribution in [0.2, 0.25) is 0 Å². The van der Waals surface area contributed by atoms with Crippen LogP contribution in [0.15, 0.2) is 156 Å². The fraction of sp³-hybridized carbons (Fsp3) is 0.0213. The lowest BCUT2D eigenvalue weighted by molar-refractivity contribution is 0.652. The maximum Gasteiger partial charge on any atom is 0.246 e. The molecule has 1 aliphatic carbocycles. The normalized spacial score (nSPS) is 14.1. The molecule has 1 unspecified atom stereocenters. The van der Waals surface area contributed by atoms with Crippen LogP contribution in [0.5, 0.6) is 0 Å². The molecule has 1 atom stereocenters. The minimum Gasteiger partial charge on any atom is -0.436 e. The number of furan rings is 1. The number of fused-ring (bicyclic) bond motifs is 16. The van der Waals surface area contributed by atoms with Crippen LogP contribution in [0.1, 0.15) is 22.7 Å². The standard InChI is InChI=1S/C47H26N2OS/c1-2-13-28-25-29(22-21-26(28)11-1)42-44(48-43-35-19-9-10-20-37(35)50-47(43)49-42)40-34-18-8-6-16-32(34)38-31-15-5-7-17-33(31)39-36-24-23-27-12-3-4-14-30(27)45(36)51-46(39)41(38)40/h1-25,40H. The van der Waals surface area contributed by atoms with Gasteiger partial charge in [-0.05, 0) is 72.8 Å². The van der Waals surface area contributed by atoms with Crippen molar-refractivity contribution < 1.29 is 4.42 Å². The SMILES string of the molecule is c1ccc2c(c1)-c1c(c3sc4c5ccccc5ccc4c3c3ccccc13)C2c1nc2c(nc1-c1ccc3ccccc3c1)oc1ccccc12. The molecule has 11 aromatic rings. The van der Waals surface area contributed by atoms with Crippen LogP contribution in [0.4, 0.5) is 0 Å². The molecule has 0 aliphatic heterocycles. The van der Waals surface area contributed by atoms with E-state index in [0.29, 0.717) is 5.71 Å². The molecule has 4 heteroatoms. The number of aromatic nitrogens is 2. The zero-order valence-electron chi connectivity index (χ0n) is 27.2. The Morgan fingerprint density at radius 1 is 0.529 bits per heavy atom. The summed E-state index contributed by atoms with van der Waals surface area (Å²) in [6, 6.07) is 54.6. The highest BCUT2D eigenvalue weighted by atomic mass is 32.1. The summed E-state index contributed by atoms with van der Waals surface area (Å²) in [5.74, 6) is -0.144. The Morgan fingerprint density at radius 3 is 2.14 bits per heavy atom. The van der Waals surface area contributed by atoms with Crippen molar-refractivity contribution in [2.45, 2.75) is 5.92 Å². The summed E-state index contributed by atoms with van der Waals surface area (Å²) in [7, 11) is 0. The molecule has 1 aliphatic rings. The van der Waals surface area contributed by atoms with Gasteiger partial charge in [-0.15, -0.1) is 11.3 Å². The second kappa shape index (κ2) is 10.1. The molecule has 0 saturated heterocycles. The van der Waals surface area contributed by atoms with Gasteiger partial charge in [0, 0.05) is 31.1 Å². The van der Waals surface area contributed by atoms with Gasteiger partial charge in [-0.3, -0.25) is 0 Å². The van der Waals surface area contributed by atoms with Crippen LogP contribution in [-0.4, -0.2) is 9.97 Å². The highest BCUT2D eigenvalue weighted by Gasteiger charge is 2.38. The highest BCUT2D eigenvalue weighted by Crippen LogP contribution is 2.58. The molecule has 0 spiro atoms. The third-order valence-electron chi connectivity index (χ3n) is 10.9. The first-order chi connectivity index (χ1) is 25.3. The van der Waals surface area contributed by atoms with E-state index in [1.54, 1.807) is 0 Å². The van der Waals surface area contributed by atoms with E-state index in [1.165, 1.54) is 74.7 Å². The number of hydrogen-bond donors (Lipinski definition) is 0. The average molecular weight is 667 g/mol. The van der Waals surface area contributed by atoms with E-state index in [1.807, 2.05) is 29.5 Å². The van der Waals surface area contributed by atoms with Crippen molar-refractivity contribution in [3.63, 3.8) is 0 Å². The Hall–Kier alpha value is -6.36. The van der Waals surface area contributed by atoms with Gasteiger partial charge in [0.05, 0.1) is 17.3 Å². The van der Waals surface area contributed by atoms with Gasteiger partial charge in [0.1, 0.15) is 11.1 Å². The Bertz CT molecular complexity index is 3280. The van der Waals surface area contributed by atoms with Crippen LogP contribution in [0.3, 0.4) is 0 Å². The largest absolute Gasteiger partial charge is 0.436 e. The smallest absolute Gasteiger partial charge is 0.246 e. The van der Waals surface area contributed by atoms with Crippen molar-refractivity contribution >= 4 is 86.0 Å². The number of nitrogens with zero attached hydrogens (tertiary/aromatic N) is 2. The summed E-state index contributed by atoms with van der Waals surface area (Å²) in [6.45, 7) is 0. The minimum absolute atomic E-state index is 0.144. The predicted octanol–water partition coefficient (Wildman–Crippen LogP) is 13.0. The van der Waals surface area contributed by atoms with Crippen molar-refractivity contribution in [1.29, 1.82) is 0 Å². The molecule has 12 rings (SSSR count). The second-order valence-corrected chi connectivity index (χ2v) is 14.6. The van der Waals surface area contributed by atoms with E-state index in [-0.39, 0.29) is 5.92 Å². The Labute approximate surface area is 296 Å². The van der Waals surface area contributed by atoms with Crippen molar-refractivity contribution in [2.75, 3.05) is 0 Å². The lowest BCUT2D eigenvalue weighted by Gasteiger charge is -2.19. The van der Waals surface area contributed by atoms with Gasteiger partial charge >= 0.3 is 0 Å². The maximum absolute atomic E-state index is 6.40. The van der Waals surface area contributed by atoms with Crippen LogP contribution in [-0.2, 0) is 0 Å². The monoisotopic (exact) mass is 666 g/mol. The summed E-state index contributed by atoms with van der Waals surface area (Å²) < 4.78 is 9.04. The molecule has 0 N–H and O–H groups in total. The molecule has 3 nitrogen and oxygen atoms in total. The Kier molecular flexibility index (Phi) is 5.44. The van der Waals surface area contributed by atoms with E-state index in [2.05, 4.69) is 133 Å². The van der Waals surface area contributed by atoms with E-state index < -0.39 is 0 Å². The topological polar surface area (TPSA) is 38.9 Å². The number of rotatable bonds is 2. The van der Waals surface area contributed by atoms with Crippen LogP contribution in [0.25, 0.3) is 97.1 Å². The molecule has 0 amide bonds. The predicted molar refractivity (Wildman–Crippen MR) is 213 cm³/mol. The fourth-order valence-electron chi connectivity index (χ4n) is 8.73. The first kappa shape index (κ1) is 27.5. The molecule has 0 fully saturated rings. The van der Waals surface area contributed by atoms with E-state index in [0.717, 1.165) is 33.4 Å². The quantitative estimate of drug-likeness (QED) is 0.184. The van der Waals surface area contributed by atoms with Crippen molar-refractivity contribution in [2.24, 2.45) is 0 Å². The molecule has 8 aromatic carbocycles. The van der Waals surface area contributed by atoms with E-state index in [9.17, 15) is 0 Å². The summed E-state index contributed by atoms with van der Waals surface area (Å²) in [4.78, 5) is 11.0. The van der Waals surface area contributed by atoms with Gasteiger partial charge in [0.25, 0.3) is 0 Å². The maximum atomic E-state index is 6.40. The number of hydrogen-bond acceptors (Lipinski definition) is 4. The molecule has 236 valence electrons. The molecular formula is C47H26N2OS. The molecule has 0 bridgehead atoms. The van der Waals surface area contributed by atoms with Crippen molar-refractivity contribution in [3.8, 4) is 22.4 Å². The number of benzene rings is 8. The highest BCUT2D eigenvalue weighted by molar-refractivity contribution is 7.27. The zero-order chi connectivity index (χ0) is 33.2. The van der Waals surface area contributed by atoms with E-state index >= 15 is 0 Å².